The van der Waals surface area contributed by atoms with Gasteiger partial charge < -0.3 is 5.11 Å². The van der Waals surface area contributed by atoms with Crippen LogP contribution in [0.25, 0.3) is 11.2 Å². The summed E-state index contributed by atoms with van der Waals surface area (Å²) in [6.45, 7) is -0.0805. The minimum Gasteiger partial charge on any atom is -0.380 e. The average molecular weight is 487 g/mol. The molecule has 2 aliphatic carbocycles. The summed E-state index contributed by atoms with van der Waals surface area (Å²) in [5, 5.41) is 9.85. The van der Waals surface area contributed by atoms with Crippen molar-refractivity contribution in [2.75, 3.05) is 0 Å². The van der Waals surface area contributed by atoms with Crippen LogP contribution in [-0.2, 0) is 13.6 Å². The molecule has 2 aromatic rings. The maximum Gasteiger partial charge on any atom is 0.417 e. The van der Waals surface area contributed by atoms with Crippen LogP contribution in [0.5, 0.6) is 0 Å². The third-order valence-electron chi connectivity index (χ3n) is 7.41. The fourth-order valence-electron chi connectivity index (χ4n) is 5.21. The lowest BCUT2D eigenvalue weighted by Crippen LogP contribution is -2.49. The Balaban J connectivity index is 1.56. The first-order valence-corrected chi connectivity index (χ1v) is 11.8. The molecule has 2 heterocycles. The number of rotatable bonds is 5. The van der Waals surface area contributed by atoms with E-state index in [0.29, 0.717) is 5.92 Å². The van der Waals surface area contributed by atoms with Gasteiger partial charge in [0.05, 0.1) is 6.33 Å². The van der Waals surface area contributed by atoms with Crippen molar-refractivity contribution in [1.82, 2.24) is 18.7 Å². The molecular weight excluding hydrogens is 456 g/mol. The molecule has 2 aromatic heterocycles. The average Bonchev–Trinajstić information content (AvgIpc) is 3.26. The van der Waals surface area contributed by atoms with Crippen LogP contribution in [0.1, 0.15) is 64.1 Å². The second-order valence-electron chi connectivity index (χ2n) is 9.71. The van der Waals surface area contributed by atoms with Crippen LogP contribution < -0.4 is 11.2 Å². The standard InChI is InChI=1S/C23H30F4N4O3/c1-29-19-18(28-14-31(19)17(24)8-7-15-5-3-2-4-6-15)20(32)30(21(29)33)13-16-9-11-22(34,12-10-16)23(25,26)27/h7-8,14-17,34H,2-6,9-13H2,1H3/b8-7+. The highest BCUT2D eigenvalue weighted by Crippen LogP contribution is 2.43. The van der Waals surface area contributed by atoms with Gasteiger partial charge in [-0.1, -0.05) is 25.3 Å². The zero-order valence-corrected chi connectivity index (χ0v) is 19.1. The van der Waals surface area contributed by atoms with E-state index in [1.807, 2.05) is 6.08 Å². The molecule has 0 aromatic carbocycles. The van der Waals surface area contributed by atoms with E-state index in [2.05, 4.69) is 4.98 Å². The molecule has 0 spiro atoms. The van der Waals surface area contributed by atoms with Gasteiger partial charge in [0.15, 0.2) is 23.1 Å². The van der Waals surface area contributed by atoms with Crippen molar-refractivity contribution in [3.63, 3.8) is 0 Å². The summed E-state index contributed by atoms with van der Waals surface area (Å²) in [6, 6.07) is 0. The van der Waals surface area contributed by atoms with Gasteiger partial charge in [-0.3, -0.25) is 18.5 Å². The van der Waals surface area contributed by atoms with Gasteiger partial charge in [0.25, 0.3) is 5.56 Å². The summed E-state index contributed by atoms with van der Waals surface area (Å²) in [5.74, 6) is -0.0618. The van der Waals surface area contributed by atoms with Crippen molar-refractivity contribution in [1.29, 1.82) is 0 Å². The number of imidazole rings is 1. The SMILES string of the molecule is Cn1c(=O)n(CC2CCC(O)(C(F)(F)F)CC2)c(=O)c2ncn(C(F)/C=C/C3CCCCC3)c21. The van der Waals surface area contributed by atoms with E-state index < -0.39 is 42.2 Å². The van der Waals surface area contributed by atoms with E-state index in [0.717, 1.165) is 39.4 Å². The molecule has 0 aliphatic heterocycles. The number of aliphatic hydroxyl groups is 1. The normalized spacial score (nSPS) is 25.9. The number of halogens is 4. The summed E-state index contributed by atoms with van der Waals surface area (Å²) < 4.78 is 57.5. The molecule has 34 heavy (non-hydrogen) atoms. The smallest absolute Gasteiger partial charge is 0.380 e. The zero-order valence-electron chi connectivity index (χ0n) is 19.1. The summed E-state index contributed by atoms with van der Waals surface area (Å²) in [6.07, 6.45) is 2.69. The van der Waals surface area contributed by atoms with Gasteiger partial charge in [-0.2, -0.15) is 13.2 Å². The Kier molecular flexibility index (Phi) is 6.76. The lowest BCUT2D eigenvalue weighted by Gasteiger charge is -2.37. The van der Waals surface area contributed by atoms with Crippen LogP contribution in [0.4, 0.5) is 17.6 Å². The molecule has 4 rings (SSSR count). The Bertz CT molecular complexity index is 1170. The number of fused-ring (bicyclic) bond motifs is 1. The number of hydrogen-bond donors (Lipinski definition) is 1. The molecule has 2 aliphatic rings. The second kappa shape index (κ2) is 9.31. The maximum absolute atomic E-state index is 15.0. The number of nitrogens with zero attached hydrogens (tertiary/aromatic N) is 4. The van der Waals surface area contributed by atoms with E-state index in [9.17, 15) is 27.9 Å². The summed E-state index contributed by atoms with van der Waals surface area (Å²) >= 11 is 0. The fraction of sp³-hybridized carbons (Fsp3) is 0.696. The number of aryl methyl sites for hydroxylation is 1. The highest BCUT2D eigenvalue weighted by molar-refractivity contribution is 5.70. The largest absolute Gasteiger partial charge is 0.417 e. The molecule has 188 valence electrons. The lowest BCUT2D eigenvalue weighted by molar-refractivity contribution is -0.272. The lowest BCUT2D eigenvalue weighted by atomic mass is 9.78. The van der Waals surface area contributed by atoms with Gasteiger partial charge in [-0.25, -0.2) is 14.2 Å². The molecule has 11 heteroatoms. The van der Waals surface area contributed by atoms with Crippen LogP contribution in [0.15, 0.2) is 28.1 Å². The van der Waals surface area contributed by atoms with E-state index >= 15 is 4.39 Å². The van der Waals surface area contributed by atoms with E-state index in [-0.39, 0.29) is 36.5 Å². The molecule has 0 saturated heterocycles. The summed E-state index contributed by atoms with van der Waals surface area (Å²) in [5.41, 5.74) is -4.12. The monoisotopic (exact) mass is 486 g/mol. The molecule has 1 atom stereocenters. The maximum atomic E-state index is 15.0. The molecule has 0 amide bonds. The minimum atomic E-state index is -4.72. The minimum absolute atomic E-state index is 0.0244. The molecule has 7 nitrogen and oxygen atoms in total. The van der Waals surface area contributed by atoms with Crippen molar-refractivity contribution < 1.29 is 22.7 Å². The predicted octanol–water partition coefficient (Wildman–Crippen LogP) is 3.98. The Labute approximate surface area is 193 Å². The van der Waals surface area contributed by atoms with Gasteiger partial charge in [0, 0.05) is 13.6 Å². The first-order chi connectivity index (χ1) is 16.0. The molecular formula is C23H30F4N4O3. The molecule has 0 bridgehead atoms. The Morgan fingerprint density at radius 1 is 1.18 bits per heavy atom. The topological polar surface area (TPSA) is 82.0 Å². The van der Waals surface area contributed by atoms with Gasteiger partial charge >= 0.3 is 11.9 Å². The highest BCUT2D eigenvalue weighted by Gasteiger charge is 2.54. The van der Waals surface area contributed by atoms with Crippen molar-refractivity contribution in [3.8, 4) is 0 Å². The van der Waals surface area contributed by atoms with Crippen molar-refractivity contribution in [2.45, 2.75) is 82.4 Å². The Hall–Kier alpha value is -2.43. The Morgan fingerprint density at radius 2 is 1.82 bits per heavy atom. The zero-order chi connectivity index (χ0) is 24.7. The second-order valence-corrected chi connectivity index (χ2v) is 9.71. The van der Waals surface area contributed by atoms with Crippen molar-refractivity contribution in [2.24, 2.45) is 18.9 Å². The fourth-order valence-corrected chi connectivity index (χ4v) is 5.21. The van der Waals surface area contributed by atoms with Crippen molar-refractivity contribution in [3.05, 3.63) is 39.3 Å². The first kappa shape index (κ1) is 24.7. The number of allylic oxidation sites excluding steroid dienone is 2. The number of aromatic nitrogens is 4. The van der Waals surface area contributed by atoms with Gasteiger partial charge in [-0.05, 0) is 56.4 Å². The van der Waals surface area contributed by atoms with Gasteiger partial charge in [0.2, 0.25) is 0 Å². The summed E-state index contributed by atoms with van der Waals surface area (Å²) in [7, 11) is 1.42. The molecule has 2 saturated carbocycles. The molecule has 0 radical (unpaired) electrons. The quantitative estimate of drug-likeness (QED) is 0.512. The van der Waals surface area contributed by atoms with E-state index in [1.54, 1.807) is 0 Å². The van der Waals surface area contributed by atoms with Crippen LogP contribution in [0, 0.1) is 11.8 Å². The van der Waals surface area contributed by atoms with Gasteiger partial charge in [-0.15, -0.1) is 0 Å². The predicted molar refractivity (Wildman–Crippen MR) is 118 cm³/mol. The van der Waals surface area contributed by atoms with Crippen LogP contribution in [0.3, 0.4) is 0 Å². The van der Waals surface area contributed by atoms with Crippen molar-refractivity contribution >= 4 is 11.2 Å². The van der Waals surface area contributed by atoms with E-state index in [4.69, 9.17) is 0 Å². The number of hydrogen-bond acceptors (Lipinski definition) is 4. The molecule has 1 N–H and O–H groups in total. The number of alkyl halides is 4. The third-order valence-corrected chi connectivity index (χ3v) is 7.41. The van der Waals surface area contributed by atoms with Crippen LogP contribution >= 0.6 is 0 Å². The third kappa shape index (κ3) is 4.58. The van der Waals surface area contributed by atoms with Gasteiger partial charge in [0.1, 0.15) is 0 Å². The van der Waals surface area contributed by atoms with Crippen LogP contribution in [-0.4, -0.2) is 35.6 Å². The molecule has 2 fully saturated rings. The molecule has 1 unspecified atom stereocenters. The first-order valence-electron chi connectivity index (χ1n) is 11.8. The van der Waals surface area contributed by atoms with Crippen LogP contribution in [0.2, 0.25) is 0 Å². The van der Waals surface area contributed by atoms with E-state index in [1.165, 1.54) is 25.9 Å². The highest BCUT2D eigenvalue weighted by atomic mass is 19.4. The summed E-state index contributed by atoms with van der Waals surface area (Å²) in [4.78, 5) is 30.0. The Morgan fingerprint density at radius 3 is 2.44 bits per heavy atom.